The zero-order valence-corrected chi connectivity index (χ0v) is 19.5. The van der Waals surface area contributed by atoms with Crippen LogP contribution in [0.3, 0.4) is 0 Å². The van der Waals surface area contributed by atoms with Crippen LogP contribution in [0, 0.1) is 6.92 Å². The molecule has 3 aromatic carbocycles. The number of rotatable bonds is 6. The molecule has 3 rings (SSSR count). The van der Waals surface area contributed by atoms with Crippen LogP contribution in [0.4, 0.5) is 0 Å². The molecule has 0 aromatic heterocycles. The number of methoxy groups -OCH3 is 1. The normalized spacial score (nSPS) is 11.3. The summed E-state index contributed by atoms with van der Waals surface area (Å²) < 4.78 is 10.9. The van der Waals surface area contributed by atoms with Crippen molar-refractivity contribution < 1.29 is 19.1 Å². The second kappa shape index (κ2) is 10.1. The number of hydrazone groups is 1. The Bertz CT molecular complexity index is 1180. The predicted octanol–water partition coefficient (Wildman–Crippen LogP) is 5.28. The van der Waals surface area contributed by atoms with E-state index < -0.39 is 5.97 Å². The molecule has 0 saturated heterocycles. The maximum absolute atomic E-state index is 12.6. The van der Waals surface area contributed by atoms with Gasteiger partial charge in [-0.15, -0.1) is 0 Å². The molecule has 1 amide bonds. The molecule has 0 aliphatic heterocycles. The maximum Gasteiger partial charge on any atom is 0.343 e. The van der Waals surface area contributed by atoms with Crippen molar-refractivity contribution in [1.82, 2.24) is 5.43 Å². The smallest absolute Gasteiger partial charge is 0.343 e. The molecular weight excluding hydrogens is 416 g/mol. The minimum atomic E-state index is -0.472. The molecule has 0 bridgehead atoms. The summed E-state index contributed by atoms with van der Waals surface area (Å²) in [6, 6.07) is 19.7. The summed E-state index contributed by atoms with van der Waals surface area (Å²) in [7, 11) is 1.49. The molecule has 0 aliphatic carbocycles. The van der Waals surface area contributed by atoms with Crippen LogP contribution < -0.4 is 14.9 Å². The third-order valence-electron chi connectivity index (χ3n) is 5.15. The van der Waals surface area contributed by atoms with Crippen LogP contribution in [0.5, 0.6) is 11.5 Å². The van der Waals surface area contributed by atoms with E-state index in [1.165, 1.54) is 13.3 Å². The zero-order chi connectivity index (χ0) is 24.0. The van der Waals surface area contributed by atoms with Gasteiger partial charge < -0.3 is 9.47 Å². The SMILES string of the molecule is COc1cc(/C=N\NC(=O)c2ccccc2C)ccc1OC(=O)c1ccc(C(C)(C)C)cc1. The Morgan fingerprint density at radius 2 is 1.64 bits per heavy atom. The molecule has 0 unspecified atom stereocenters. The highest BCUT2D eigenvalue weighted by molar-refractivity contribution is 5.96. The first kappa shape index (κ1) is 23.7. The number of nitrogens with one attached hydrogen (secondary N) is 1. The van der Waals surface area contributed by atoms with Crippen LogP contribution >= 0.6 is 0 Å². The molecule has 0 heterocycles. The maximum atomic E-state index is 12.6. The van der Waals surface area contributed by atoms with E-state index in [0.717, 1.165) is 11.1 Å². The summed E-state index contributed by atoms with van der Waals surface area (Å²) in [6.07, 6.45) is 1.50. The fourth-order valence-electron chi connectivity index (χ4n) is 3.17. The molecule has 6 nitrogen and oxygen atoms in total. The summed E-state index contributed by atoms with van der Waals surface area (Å²) in [6.45, 7) is 8.21. The van der Waals surface area contributed by atoms with E-state index in [4.69, 9.17) is 9.47 Å². The molecule has 170 valence electrons. The van der Waals surface area contributed by atoms with Crippen LogP contribution in [-0.2, 0) is 5.41 Å². The van der Waals surface area contributed by atoms with E-state index in [9.17, 15) is 9.59 Å². The Kier molecular flexibility index (Phi) is 7.28. The van der Waals surface area contributed by atoms with E-state index in [1.807, 2.05) is 31.2 Å². The summed E-state index contributed by atoms with van der Waals surface area (Å²) >= 11 is 0. The van der Waals surface area contributed by atoms with Gasteiger partial charge in [0.25, 0.3) is 5.91 Å². The lowest BCUT2D eigenvalue weighted by Gasteiger charge is -2.19. The third-order valence-corrected chi connectivity index (χ3v) is 5.15. The Hall–Kier alpha value is -3.93. The van der Waals surface area contributed by atoms with E-state index in [2.05, 4.69) is 31.3 Å². The topological polar surface area (TPSA) is 77.0 Å². The second-order valence-electron chi connectivity index (χ2n) is 8.64. The standard InChI is InChI=1S/C27H28N2O4/c1-18-8-6-7-9-22(18)25(30)29-28-17-19-10-15-23(24(16-19)32-5)33-26(31)20-11-13-21(14-12-20)27(2,3)4/h6-17H,1-5H3,(H,29,30)/b28-17-. The molecule has 0 spiro atoms. The average molecular weight is 445 g/mol. The highest BCUT2D eigenvalue weighted by Crippen LogP contribution is 2.29. The number of hydrogen-bond donors (Lipinski definition) is 1. The van der Waals surface area contributed by atoms with Gasteiger partial charge in [-0.25, -0.2) is 10.2 Å². The minimum absolute atomic E-state index is 0.00241. The number of ether oxygens (including phenoxy) is 2. The monoisotopic (exact) mass is 444 g/mol. The van der Waals surface area contributed by atoms with Gasteiger partial charge in [-0.3, -0.25) is 4.79 Å². The van der Waals surface area contributed by atoms with Gasteiger partial charge in [-0.05, 0) is 65.4 Å². The molecule has 0 radical (unpaired) electrons. The lowest BCUT2D eigenvalue weighted by molar-refractivity contribution is 0.0729. The highest BCUT2D eigenvalue weighted by Gasteiger charge is 2.16. The Morgan fingerprint density at radius 1 is 0.939 bits per heavy atom. The van der Waals surface area contributed by atoms with E-state index in [-0.39, 0.29) is 11.3 Å². The van der Waals surface area contributed by atoms with Gasteiger partial charge in [-0.2, -0.15) is 5.10 Å². The molecule has 1 N–H and O–H groups in total. The van der Waals surface area contributed by atoms with Crippen LogP contribution in [0.15, 0.2) is 71.8 Å². The van der Waals surface area contributed by atoms with Crippen LogP contribution in [0.1, 0.15) is 58.2 Å². The number of aryl methyl sites for hydroxylation is 1. The Labute approximate surface area is 194 Å². The Balaban J connectivity index is 1.68. The van der Waals surface area contributed by atoms with Crippen molar-refractivity contribution >= 4 is 18.1 Å². The van der Waals surface area contributed by atoms with Crippen molar-refractivity contribution in [3.63, 3.8) is 0 Å². The molecule has 0 fully saturated rings. The summed E-state index contributed by atoms with van der Waals surface area (Å²) in [4.78, 5) is 24.8. The van der Waals surface area contributed by atoms with E-state index >= 15 is 0 Å². The van der Waals surface area contributed by atoms with E-state index in [0.29, 0.717) is 28.2 Å². The Morgan fingerprint density at radius 3 is 2.27 bits per heavy atom. The molecule has 0 atom stereocenters. The van der Waals surface area contributed by atoms with Crippen molar-refractivity contribution in [3.05, 3.63) is 94.5 Å². The molecule has 6 heteroatoms. The average Bonchev–Trinajstić information content (AvgIpc) is 2.79. The highest BCUT2D eigenvalue weighted by atomic mass is 16.6. The number of esters is 1. The first-order chi connectivity index (χ1) is 15.7. The second-order valence-corrected chi connectivity index (χ2v) is 8.64. The number of carbonyl (C=O) groups excluding carboxylic acids is 2. The lowest BCUT2D eigenvalue weighted by atomic mass is 9.87. The molecule has 3 aromatic rings. The zero-order valence-electron chi connectivity index (χ0n) is 19.5. The molecular formula is C27H28N2O4. The predicted molar refractivity (Wildman–Crippen MR) is 129 cm³/mol. The van der Waals surface area contributed by atoms with Gasteiger partial charge in [0, 0.05) is 5.56 Å². The van der Waals surface area contributed by atoms with Gasteiger partial charge >= 0.3 is 5.97 Å². The summed E-state index contributed by atoms with van der Waals surface area (Å²) in [5, 5.41) is 4.01. The largest absolute Gasteiger partial charge is 0.493 e. The van der Waals surface area contributed by atoms with Crippen LogP contribution in [0.25, 0.3) is 0 Å². The van der Waals surface area contributed by atoms with Crippen molar-refractivity contribution in [3.8, 4) is 11.5 Å². The quantitative estimate of drug-likeness (QED) is 0.243. The lowest BCUT2D eigenvalue weighted by Crippen LogP contribution is -2.18. The van der Waals surface area contributed by atoms with Gasteiger partial charge in [0.2, 0.25) is 0 Å². The number of benzene rings is 3. The first-order valence-electron chi connectivity index (χ1n) is 10.6. The van der Waals surface area contributed by atoms with Crippen LogP contribution in [0.2, 0.25) is 0 Å². The number of carbonyl (C=O) groups is 2. The van der Waals surface area contributed by atoms with Gasteiger partial charge in [0.05, 0.1) is 18.9 Å². The number of hydrogen-bond acceptors (Lipinski definition) is 5. The summed E-state index contributed by atoms with van der Waals surface area (Å²) in [5.74, 6) is -0.0904. The van der Waals surface area contributed by atoms with E-state index in [1.54, 1.807) is 42.5 Å². The molecule has 33 heavy (non-hydrogen) atoms. The van der Waals surface area contributed by atoms with Gasteiger partial charge in [0.1, 0.15) is 0 Å². The first-order valence-corrected chi connectivity index (χ1v) is 10.6. The molecule has 0 aliphatic rings. The fraction of sp³-hybridized carbons (Fsp3) is 0.222. The number of nitrogens with zero attached hydrogens (tertiary/aromatic N) is 1. The fourth-order valence-corrected chi connectivity index (χ4v) is 3.17. The van der Waals surface area contributed by atoms with Crippen LogP contribution in [-0.4, -0.2) is 25.2 Å². The summed E-state index contributed by atoms with van der Waals surface area (Å²) in [5.41, 5.74) is 6.20. The number of amides is 1. The van der Waals surface area contributed by atoms with Gasteiger partial charge in [-0.1, -0.05) is 51.1 Å². The third kappa shape index (κ3) is 6.07. The van der Waals surface area contributed by atoms with Gasteiger partial charge in [0.15, 0.2) is 11.5 Å². The van der Waals surface area contributed by atoms with Crippen molar-refractivity contribution in [2.45, 2.75) is 33.1 Å². The van der Waals surface area contributed by atoms with Crippen molar-refractivity contribution in [1.29, 1.82) is 0 Å². The minimum Gasteiger partial charge on any atom is -0.493 e. The van der Waals surface area contributed by atoms with Crippen molar-refractivity contribution in [2.24, 2.45) is 5.10 Å². The van der Waals surface area contributed by atoms with Crippen molar-refractivity contribution in [2.75, 3.05) is 7.11 Å². The molecule has 0 saturated carbocycles.